The number of aryl methyl sites for hydroxylation is 1. The van der Waals surface area contributed by atoms with E-state index < -0.39 is 84.5 Å². The summed E-state index contributed by atoms with van der Waals surface area (Å²) in [6.45, 7) is -0.317. The Morgan fingerprint density at radius 2 is 1.49 bits per heavy atom. The summed E-state index contributed by atoms with van der Waals surface area (Å²) in [5.41, 5.74) is -3.88. The fourth-order valence-corrected chi connectivity index (χ4v) is 8.68. The quantitative estimate of drug-likeness (QED) is 0.272. The summed E-state index contributed by atoms with van der Waals surface area (Å²) in [5, 5.41) is 0. The van der Waals surface area contributed by atoms with E-state index in [1.807, 2.05) is 0 Å². The number of rotatable bonds is 5. The number of likely N-dealkylation sites (tertiary alicyclic amines) is 1. The van der Waals surface area contributed by atoms with E-state index in [-0.39, 0.29) is 42.1 Å². The van der Waals surface area contributed by atoms with Crippen LogP contribution < -0.4 is 5.73 Å². The van der Waals surface area contributed by atoms with Gasteiger partial charge in [-0.25, -0.2) is 21.6 Å². The Morgan fingerprint density at radius 3 is 2.04 bits per heavy atom. The molecule has 1 aliphatic heterocycles. The van der Waals surface area contributed by atoms with Gasteiger partial charge in [-0.15, -0.1) is 0 Å². The first-order chi connectivity index (χ1) is 20.8. The van der Waals surface area contributed by atoms with Gasteiger partial charge in [0.2, 0.25) is 0 Å². The van der Waals surface area contributed by atoms with E-state index in [4.69, 9.17) is 5.73 Å². The standard InChI is InChI=1S/C29H21F9N2O4S/c30-18-4-6-19(7-5-18)45(43,44)26-11-12-40(25(42)16-1-8-20(24(39)41)22(31)14-16)23(26)10-2-15-13-17(3-9-21(15)26)27(32,28(33,34)35)29(36,37)38/h1,3-9,13-14,23H,2,10-12H2,(H2,39,41)/t23-,26-/m0/s1. The lowest BCUT2D eigenvalue weighted by Gasteiger charge is -2.43. The number of halogens is 9. The Labute approximate surface area is 249 Å². The van der Waals surface area contributed by atoms with E-state index in [0.29, 0.717) is 12.1 Å². The Bertz CT molecular complexity index is 1790. The summed E-state index contributed by atoms with van der Waals surface area (Å²) in [5.74, 6) is -3.94. The maximum absolute atomic E-state index is 15.0. The Hall–Kier alpha value is -4.08. The number of primary amides is 1. The van der Waals surface area contributed by atoms with E-state index >= 15 is 0 Å². The molecule has 0 bridgehead atoms. The van der Waals surface area contributed by atoms with Gasteiger partial charge in [-0.05, 0) is 72.9 Å². The van der Waals surface area contributed by atoms with Crippen LogP contribution in [0.15, 0.2) is 65.6 Å². The number of fused-ring (bicyclic) bond motifs is 3. The van der Waals surface area contributed by atoms with Gasteiger partial charge in [0.1, 0.15) is 16.4 Å². The third-order valence-electron chi connectivity index (χ3n) is 8.41. The number of amides is 2. The number of nitrogens with zero attached hydrogens (tertiary/aromatic N) is 1. The van der Waals surface area contributed by atoms with Crippen molar-refractivity contribution in [3.63, 3.8) is 0 Å². The van der Waals surface area contributed by atoms with Crippen molar-refractivity contribution in [2.45, 2.75) is 53.0 Å². The van der Waals surface area contributed by atoms with E-state index in [1.54, 1.807) is 0 Å². The molecule has 3 aromatic rings. The zero-order valence-electron chi connectivity index (χ0n) is 22.6. The molecule has 0 spiro atoms. The Kier molecular flexibility index (Phi) is 7.53. The molecule has 6 nitrogen and oxygen atoms in total. The van der Waals surface area contributed by atoms with Gasteiger partial charge in [0.15, 0.2) is 9.84 Å². The lowest BCUT2D eigenvalue weighted by atomic mass is 9.76. The number of nitrogens with two attached hydrogens (primary N) is 1. The lowest BCUT2D eigenvalue weighted by Crippen LogP contribution is -2.53. The smallest absolute Gasteiger partial charge is 0.366 e. The highest BCUT2D eigenvalue weighted by Gasteiger charge is 2.73. The molecule has 1 aliphatic carbocycles. The number of carbonyl (C=O) groups excluding carboxylic acids is 2. The van der Waals surface area contributed by atoms with Crippen LogP contribution in [-0.4, -0.2) is 50.1 Å². The molecule has 2 aliphatic rings. The molecule has 16 heteroatoms. The van der Waals surface area contributed by atoms with Crippen LogP contribution in [0, 0.1) is 11.6 Å². The predicted octanol–water partition coefficient (Wildman–Crippen LogP) is 5.88. The molecule has 1 fully saturated rings. The molecule has 240 valence electrons. The van der Waals surface area contributed by atoms with E-state index in [9.17, 15) is 57.5 Å². The van der Waals surface area contributed by atoms with Crippen molar-refractivity contribution in [1.29, 1.82) is 0 Å². The van der Waals surface area contributed by atoms with E-state index in [1.165, 1.54) is 0 Å². The van der Waals surface area contributed by atoms with Gasteiger partial charge in [-0.1, -0.05) is 18.2 Å². The number of alkyl halides is 7. The molecule has 1 saturated heterocycles. The highest BCUT2D eigenvalue weighted by Crippen LogP contribution is 2.56. The van der Waals surface area contributed by atoms with Gasteiger partial charge in [-0.2, -0.15) is 26.3 Å². The average molecular weight is 665 g/mol. The number of hydrogen-bond donors (Lipinski definition) is 1. The molecular weight excluding hydrogens is 643 g/mol. The maximum atomic E-state index is 15.0. The topological polar surface area (TPSA) is 97.5 Å². The second-order valence-electron chi connectivity index (χ2n) is 10.7. The van der Waals surface area contributed by atoms with Crippen LogP contribution in [-0.2, 0) is 26.7 Å². The molecule has 3 aromatic carbocycles. The molecule has 5 rings (SSSR count). The molecule has 2 N–H and O–H groups in total. The summed E-state index contributed by atoms with van der Waals surface area (Å²) in [6, 6.07) is 6.18. The minimum atomic E-state index is -6.41. The van der Waals surface area contributed by atoms with Crippen LogP contribution in [0.5, 0.6) is 0 Å². The number of carbonyl (C=O) groups is 2. The van der Waals surface area contributed by atoms with Gasteiger partial charge in [0.25, 0.3) is 11.8 Å². The van der Waals surface area contributed by atoms with Crippen LogP contribution in [0.3, 0.4) is 0 Å². The van der Waals surface area contributed by atoms with E-state index in [2.05, 4.69) is 0 Å². The molecular formula is C29H21F9N2O4S. The Morgan fingerprint density at radius 1 is 0.867 bits per heavy atom. The van der Waals surface area contributed by atoms with Crippen molar-refractivity contribution >= 4 is 21.7 Å². The number of sulfone groups is 1. The normalized spacial score (nSPS) is 20.5. The minimum Gasteiger partial charge on any atom is -0.366 e. The largest absolute Gasteiger partial charge is 0.435 e. The lowest BCUT2D eigenvalue weighted by molar-refractivity contribution is -0.348. The zero-order valence-corrected chi connectivity index (χ0v) is 23.5. The van der Waals surface area contributed by atoms with Crippen molar-refractivity contribution in [2.24, 2.45) is 5.73 Å². The summed E-state index contributed by atoms with van der Waals surface area (Å²) < 4.78 is 151. The van der Waals surface area contributed by atoms with Crippen molar-refractivity contribution in [3.05, 3.63) is 100 Å². The molecule has 0 saturated carbocycles. The molecule has 0 aromatic heterocycles. The fourth-order valence-electron chi connectivity index (χ4n) is 6.31. The molecule has 45 heavy (non-hydrogen) atoms. The van der Waals surface area contributed by atoms with Crippen LogP contribution in [0.2, 0.25) is 0 Å². The van der Waals surface area contributed by atoms with E-state index in [0.717, 1.165) is 47.4 Å². The average Bonchev–Trinajstić information content (AvgIpc) is 3.36. The van der Waals surface area contributed by atoms with Gasteiger partial charge in [0.05, 0.1) is 16.5 Å². The third-order valence-corrected chi connectivity index (χ3v) is 11.0. The first-order valence-electron chi connectivity index (χ1n) is 13.1. The highest BCUT2D eigenvalue weighted by atomic mass is 32.2. The molecule has 1 heterocycles. The molecule has 0 radical (unpaired) electrons. The van der Waals surface area contributed by atoms with Crippen LogP contribution in [0.25, 0.3) is 0 Å². The third kappa shape index (κ3) is 4.75. The monoisotopic (exact) mass is 664 g/mol. The molecule has 0 unspecified atom stereocenters. The van der Waals surface area contributed by atoms with Crippen molar-refractivity contribution in [1.82, 2.24) is 4.90 Å². The van der Waals surface area contributed by atoms with Crippen LogP contribution in [0.1, 0.15) is 50.2 Å². The number of hydrogen-bond acceptors (Lipinski definition) is 4. The molecule has 2 amide bonds. The summed E-state index contributed by atoms with van der Waals surface area (Å²) >= 11 is 0. The van der Waals surface area contributed by atoms with Crippen molar-refractivity contribution < 1.29 is 57.5 Å². The number of benzene rings is 3. The second kappa shape index (κ2) is 10.5. The van der Waals surface area contributed by atoms with Gasteiger partial charge < -0.3 is 10.6 Å². The predicted molar refractivity (Wildman–Crippen MR) is 139 cm³/mol. The minimum absolute atomic E-state index is 0.215. The van der Waals surface area contributed by atoms with Gasteiger partial charge in [0, 0.05) is 17.7 Å². The zero-order chi connectivity index (χ0) is 33.3. The van der Waals surface area contributed by atoms with Crippen LogP contribution >= 0.6 is 0 Å². The second-order valence-corrected chi connectivity index (χ2v) is 12.9. The van der Waals surface area contributed by atoms with Gasteiger partial charge >= 0.3 is 18.0 Å². The maximum Gasteiger partial charge on any atom is 0.435 e. The SMILES string of the molecule is NC(=O)c1ccc(C(=O)N2CC[C@]3(S(=O)(=O)c4ccc(F)cc4)c4ccc(C(F)(C(F)(F)F)C(F)(F)F)cc4CC[C@H]23)cc1F. The van der Waals surface area contributed by atoms with Gasteiger partial charge in [-0.3, -0.25) is 9.59 Å². The first-order valence-corrected chi connectivity index (χ1v) is 14.6. The Balaban J connectivity index is 1.69. The van der Waals surface area contributed by atoms with Crippen molar-refractivity contribution in [3.8, 4) is 0 Å². The highest BCUT2D eigenvalue weighted by molar-refractivity contribution is 7.92. The summed E-state index contributed by atoms with van der Waals surface area (Å²) in [7, 11) is -4.70. The molecule has 2 atom stereocenters. The summed E-state index contributed by atoms with van der Waals surface area (Å²) in [4.78, 5) is 25.6. The summed E-state index contributed by atoms with van der Waals surface area (Å²) in [6.07, 6.45) is -13.9. The first kappa shape index (κ1) is 32.3. The van der Waals surface area contributed by atoms with Crippen LogP contribution in [0.4, 0.5) is 39.5 Å². The fraction of sp³-hybridized carbons (Fsp3) is 0.310. The van der Waals surface area contributed by atoms with Crippen molar-refractivity contribution in [2.75, 3.05) is 6.54 Å².